The smallest absolute Gasteiger partial charge is 0.338 e. The topological polar surface area (TPSA) is 74.6 Å². The summed E-state index contributed by atoms with van der Waals surface area (Å²) in [4.78, 5) is 21.6. The molecule has 0 aromatic heterocycles. The van der Waals surface area contributed by atoms with Gasteiger partial charge in [0, 0.05) is 0 Å². The van der Waals surface area contributed by atoms with Crippen LogP contribution >= 0.6 is 46.4 Å². The van der Waals surface area contributed by atoms with Crippen LogP contribution in [0.5, 0.6) is 0 Å². The molecule has 86 valence electrons. The van der Waals surface area contributed by atoms with Gasteiger partial charge in [-0.25, -0.2) is 9.59 Å². The minimum Gasteiger partial charge on any atom is -0.478 e. The van der Waals surface area contributed by atoms with Gasteiger partial charge in [-0.05, 0) is 0 Å². The lowest BCUT2D eigenvalue weighted by molar-refractivity contribution is 0.0696. The van der Waals surface area contributed by atoms with Gasteiger partial charge in [0.2, 0.25) is 0 Å². The van der Waals surface area contributed by atoms with E-state index in [-0.39, 0.29) is 5.02 Å². The van der Waals surface area contributed by atoms with Crippen LogP contribution in [0.25, 0.3) is 0 Å². The van der Waals surface area contributed by atoms with Gasteiger partial charge in [-0.15, -0.1) is 0 Å². The minimum atomic E-state index is -1.49. The maximum Gasteiger partial charge on any atom is 0.338 e. The molecule has 16 heavy (non-hydrogen) atoms. The fraction of sp³-hybridized carbons (Fsp3) is 0. The van der Waals surface area contributed by atoms with Crippen LogP contribution in [0, 0.1) is 0 Å². The number of hydrogen-bond acceptors (Lipinski definition) is 2. The number of halogens is 4. The van der Waals surface area contributed by atoms with Crippen LogP contribution in [0.4, 0.5) is 0 Å². The van der Waals surface area contributed by atoms with E-state index in [1.54, 1.807) is 0 Å². The highest BCUT2D eigenvalue weighted by Crippen LogP contribution is 2.41. The van der Waals surface area contributed by atoms with Crippen molar-refractivity contribution in [1.29, 1.82) is 0 Å². The molecular formula is C8H2Cl4O4. The second-order valence-corrected chi connectivity index (χ2v) is 4.13. The standard InChI is InChI=1S/C8H2Cl4O4/c9-3-1(7(13)14)4(10)6(12)5(11)2(3)8(15)16/h(H,13,14)(H,15,16). The molecule has 0 spiro atoms. The SMILES string of the molecule is O=C(O)c1c(Cl)c(Cl)c(Cl)c(C(=O)O)c1Cl. The Balaban J connectivity index is 3.80. The van der Waals surface area contributed by atoms with Crippen molar-refractivity contribution in [2.75, 3.05) is 0 Å². The van der Waals surface area contributed by atoms with E-state index < -0.39 is 38.1 Å². The molecule has 0 radical (unpaired) electrons. The molecule has 8 heteroatoms. The van der Waals surface area contributed by atoms with Crippen molar-refractivity contribution in [3.8, 4) is 0 Å². The van der Waals surface area contributed by atoms with E-state index in [4.69, 9.17) is 56.6 Å². The highest BCUT2D eigenvalue weighted by atomic mass is 35.5. The number of rotatable bonds is 2. The van der Waals surface area contributed by atoms with Gasteiger partial charge >= 0.3 is 11.9 Å². The molecule has 0 bridgehead atoms. The summed E-state index contributed by atoms with van der Waals surface area (Å²) in [5, 5.41) is 15.9. The van der Waals surface area contributed by atoms with E-state index in [1.807, 2.05) is 0 Å². The summed E-state index contributed by atoms with van der Waals surface area (Å²) in [6.07, 6.45) is 0. The number of benzene rings is 1. The summed E-state index contributed by atoms with van der Waals surface area (Å²) in [5.74, 6) is -2.98. The average Bonchev–Trinajstić information content (AvgIpc) is 2.13. The number of carbonyl (C=O) groups is 2. The van der Waals surface area contributed by atoms with Gasteiger partial charge in [0.05, 0.1) is 31.2 Å². The molecule has 1 rings (SSSR count). The second kappa shape index (κ2) is 4.67. The molecule has 4 nitrogen and oxygen atoms in total. The van der Waals surface area contributed by atoms with Crippen LogP contribution in [0.15, 0.2) is 0 Å². The molecule has 0 atom stereocenters. The first-order valence-corrected chi connectivity index (χ1v) is 5.12. The molecule has 0 aliphatic rings. The Morgan fingerprint density at radius 3 is 1.25 bits per heavy atom. The molecule has 1 aromatic rings. The largest absolute Gasteiger partial charge is 0.478 e. The van der Waals surface area contributed by atoms with E-state index in [0.717, 1.165) is 0 Å². The lowest BCUT2D eigenvalue weighted by Gasteiger charge is -2.10. The van der Waals surface area contributed by atoms with Gasteiger partial charge in [0.1, 0.15) is 0 Å². The molecule has 0 fully saturated rings. The Hall–Kier alpha value is -0.680. The number of carboxylic acid groups (broad SMARTS) is 2. The van der Waals surface area contributed by atoms with Crippen LogP contribution in [-0.4, -0.2) is 22.2 Å². The zero-order valence-corrected chi connectivity index (χ0v) is 10.2. The quantitative estimate of drug-likeness (QED) is 0.645. The van der Waals surface area contributed by atoms with Crippen molar-refractivity contribution in [2.45, 2.75) is 0 Å². The summed E-state index contributed by atoms with van der Waals surface area (Å²) < 4.78 is 0. The predicted octanol–water partition coefficient (Wildman–Crippen LogP) is 3.70. The zero-order chi connectivity index (χ0) is 12.6. The molecule has 2 N–H and O–H groups in total. The van der Waals surface area contributed by atoms with Crippen molar-refractivity contribution < 1.29 is 19.8 Å². The van der Waals surface area contributed by atoms with E-state index in [1.165, 1.54) is 0 Å². The van der Waals surface area contributed by atoms with Crippen LogP contribution in [0.2, 0.25) is 20.1 Å². The predicted molar refractivity (Wildman–Crippen MR) is 60.4 cm³/mol. The first-order valence-electron chi connectivity index (χ1n) is 3.61. The van der Waals surface area contributed by atoms with E-state index >= 15 is 0 Å². The Morgan fingerprint density at radius 2 is 1.00 bits per heavy atom. The highest BCUT2D eigenvalue weighted by molar-refractivity contribution is 6.52. The minimum absolute atomic E-state index is 0.359. The third-order valence-corrected chi connectivity index (χ3v) is 3.40. The fourth-order valence-electron chi connectivity index (χ4n) is 1.01. The van der Waals surface area contributed by atoms with E-state index in [0.29, 0.717) is 0 Å². The lowest BCUT2D eigenvalue weighted by atomic mass is 10.1. The third kappa shape index (κ3) is 2.06. The van der Waals surface area contributed by atoms with Crippen molar-refractivity contribution in [2.24, 2.45) is 0 Å². The first kappa shape index (κ1) is 13.4. The molecule has 0 heterocycles. The summed E-state index contributed by atoms with van der Waals surface area (Å²) in [6, 6.07) is 0. The molecule has 0 aliphatic heterocycles. The van der Waals surface area contributed by atoms with Crippen molar-refractivity contribution in [3.63, 3.8) is 0 Å². The number of aromatic carboxylic acids is 2. The van der Waals surface area contributed by atoms with E-state index in [9.17, 15) is 9.59 Å². The second-order valence-electron chi connectivity index (χ2n) is 2.62. The number of carboxylic acids is 2. The first-order chi connectivity index (χ1) is 7.29. The highest BCUT2D eigenvalue weighted by Gasteiger charge is 2.27. The molecule has 0 unspecified atom stereocenters. The molecule has 1 aromatic carbocycles. The Bertz CT molecular complexity index is 456. The molecule has 0 saturated heterocycles. The maximum absolute atomic E-state index is 10.8. The summed E-state index contributed by atoms with van der Waals surface area (Å²) >= 11 is 22.4. The van der Waals surface area contributed by atoms with Crippen LogP contribution in [0.1, 0.15) is 20.7 Å². The zero-order valence-electron chi connectivity index (χ0n) is 7.22. The van der Waals surface area contributed by atoms with Gasteiger partial charge < -0.3 is 10.2 Å². The van der Waals surface area contributed by atoms with Gasteiger partial charge in [0.15, 0.2) is 0 Å². The summed E-state index contributed by atoms with van der Waals surface area (Å²) in [5.41, 5.74) is -1.18. The Morgan fingerprint density at radius 1 is 0.688 bits per heavy atom. The normalized spacial score (nSPS) is 10.2. The van der Waals surface area contributed by atoms with Crippen molar-refractivity contribution >= 4 is 58.3 Å². The van der Waals surface area contributed by atoms with Crippen LogP contribution in [0.3, 0.4) is 0 Å². The lowest BCUT2D eigenvalue weighted by Crippen LogP contribution is -2.07. The van der Waals surface area contributed by atoms with Crippen molar-refractivity contribution in [1.82, 2.24) is 0 Å². The number of hydrogen-bond donors (Lipinski definition) is 2. The molecule has 0 saturated carbocycles. The maximum atomic E-state index is 10.8. The molecule has 0 amide bonds. The molecular weight excluding hydrogens is 302 g/mol. The summed E-state index contributed by atoms with van der Waals surface area (Å²) in [6.45, 7) is 0. The van der Waals surface area contributed by atoms with Gasteiger partial charge in [-0.2, -0.15) is 0 Å². The summed E-state index contributed by atoms with van der Waals surface area (Å²) in [7, 11) is 0. The average molecular weight is 304 g/mol. The van der Waals surface area contributed by atoms with Crippen LogP contribution in [-0.2, 0) is 0 Å². The Kier molecular flexibility index (Phi) is 3.91. The molecule has 0 aliphatic carbocycles. The fourth-order valence-corrected chi connectivity index (χ4v) is 2.23. The van der Waals surface area contributed by atoms with Gasteiger partial charge in [0.25, 0.3) is 0 Å². The monoisotopic (exact) mass is 302 g/mol. The van der Waals surface area contributed by atoms with Gasteiger partial charge in [-0.1, -0.05) is 46.4 Å². The van der Waals surface area contributed by atoms with E-state index in [2.05, 4.69) is 0 Å². The van der Waals surface area contributed by atoms with Crippen molar-refractivity contribution in [3.05, 3.63) is 31.2 Å². The van der Waals surface area contributed by atoms with Gasteiger partial charge in [-0.3, -0.25) is 0 Å². The van der Waals surface area contributed by atoms with Crippen LogP contribution < -0.4 is 0 Å². The third-order valence-electron chi connectivity index (χ3n) is 1.69. The Labute approximate surface area is 109 Å².